The van der Waals surface area contributed by atoms with Crippen molar-refractivity contribution in [1.29, 1.82) is 0 Å². The van der Waals surface area contributed by atoms with Crippen molar-refractivity contribution in [3.63, 3.8) is 0 Å². The zero-order valence-corrected chi connectivity index (χ0v) is 24.3. The molecule has 1 atom stereocenters. The molecule has 4 heteroatoms. The van der Waals surface area contributed by atoms with Gasteiger partial charge in [-0.3, -0.25) is 4.90 Å². The molecule has 0 fully saturated rings. The summed E-state index contributed by atoms with van der Waals surface area (Å²) in [7, 11) is 0. The predicted octanol–water partition coefficient (Wildman–Crippen LogP) is 9.22. The first-order valence-electron chi connectivity index (χ1n) is 14.6. The molecule has 43 heavy (non-hydrogen) atoms. The zero-order valence-electron chi connectivity index (χ0n) is 23.5. The van der Waals surface area contributed by atoms with Crippen molar-refractivity contribution in [2.75, 3.05) is 9.91 Å². The summed E-state index contributed by atoms with van der Waals surface area (Å²) < 4.78 is -0.499. The van der Waals surface area contributed by atoms with Gasteiger partial charge in [-0.15, -0.1) is 0 Å². The number of para-hydroxylation sites is 2. The highest BCUT2D eigenvalue weighted by Gasteiger charge is 2.64. The fourth-order valence-electron chi connectivity index (χ4n) is 6.56. The molecule has 206 valence electrons. The summed E-state index contributed by atoms with van der Waals surface area (Å²) in [6.07, 6.45) is 0. The normalized spacial score (nSPS) is 18.5. The van der Waals surface area contributed by atoms with Crippen LogP contribution in [0.5, 0.6) is 0 Å². The molecule has 6 aromatic rings. The smallest absolute Gasteiger partial charge is 0.215 e. The molecule has 0 radical (unpaired) electrons. The lowest BCUT2D eigenvalue weighted by Gasteiger charge is -2.43. The van der Waals surface area contributed by atoms with E-state index in [0.29, 0.717) is 0 Å². The summed E-state index contributed by atoms with van der Waals surface area (Å²) >= 11 is 1.94. The summed E-state index contributed by atoms with van der Waals surface area (Å²) in [5, 5.41) is 7.78. The Balaban J connectivity index is 1.49. The molecular weight excluding hydrogens is 543 g/mol. The van der Waals surface area contributed by atoms with Gasteiger partial charge in [0.05, 0.1) is 10.4 Å². The van der Waals surface area contributed by atoms with E-state index in [1.54, 1.807) is 0 Å². The molecule has 6 aromatic carbocycles. The van der Waals surface area contributed by atoms with E-state index in [2.05, 4.69) is 186 Å². The topological polar surface area (TPSA) is 18.8 Å². The van der Waals surface area contributed by atoms with E-state index in [1.165, 1.54) is 22.3 Å². The number of hydrazone groups is 1. The van der Waals surface area contributed by atoms with E-state index < -0.39 is 9.74 Å². The van der Waals surface area contributed by atoms with Gasteiger partial charge in [0.15, 0.2) is 5.84 Å². The fraction of sp³-hybridized carbons (Fsp3) is 0.0513. The van der Waals surface area contributed by atoms with Gasteiger partial charge in [0.25, 0.3) is 0 Å². The Bertz CT molecular complexity index is 1850. The summed E-state index contributed by atoms with van der Waals surface area (Å²) in [5.41, 5.74) is 8.16. The molecule has 0 amide bonds. The van der Waals surface area contributed by atoms with E-state index in [-0.39, 0.29) is 0 Å². The highest BCUT2D eigenvalue weighted by molar-refractivity contribution is 8.02. The van der Waals surface area contributed by atoms with Crippen LogP contribution in [0.4, 0.5) is 11.4 Å². The van der Waals surface area contributed by atoms with Crippen molar-refractivity contribution in [2.45, 2.75) is 9.74 Å². The third kappa shape index (κ3) is 3.87. The Kier molecular flexibility index (Phi) is 6.16. The van der Waals surface area contributed by atoms with Gasteiger partial charge in [0.2, 0.25) is 4.99 Å². The van der Waals surface area contributed by atoms with Crippen LogP contribution in [-0.2, 0) is 9.74 Å². The lowest BCUT2D eigenvalue weighted by Crippen LogP contribution is -2.50. The molecule has 0 bridgehead atoms. The number of hydrogen-bond acceptors (Lipinski definition) is 4. The predicted molar refractivity (Wildman–Crippen MR) is 179 cm³/mol. The number of amidine groups is 1. The molecule has 0 N–H and O–H groups in total. The average Bonchev–Trinajstić information content (AvgIpc) is 3.60. The van der Waals surface area contributed by atoms with Crippen LogP contribution >= 0.6 is 11.8 Å². The molecule has 0 aromatic heterocycles. The van der Waals surface area contributed by atoms with E-state index in [4.69, 9.17) is 5.10 Å². The molecule has 2 aliphatic rings. The maximum atomic E-state index is 5.53. The standard InChI is InChI=1S/C39H29N3S/c1-6-18-30(19-7-1)37-40-42(34-26-14-5-15-27-34)39(41(37)33-24-12-4-13-25-33)36-29-17-16-28-35(36)38(43-39,31-20-8-2-9-21-31)32-22-10-3-11-23-32/h1-29H/t39-/m1/s1. The first kappa shape index (κ1) is 25.6. The van der Waals surface area contributed by atoms with E-state index in [1.807, 2.05) is 11.8 Å². The maximum Gasteiger partial charge on any atom is 0.215 e. The second kappa shape index (κ2) is 10.3. The average molecular weight is 572 g/mol. The van der Waals surface area contributed by atoms with Gasteiger partial charge >= 0.3 is 0 Å². The SMILES string of the molecule is c1ccc(C2=NN(c3ccccc3)[C@]3(SC(c4ccccc4)(c4ccccc4)c4ccccc43)N2c2ccccc2)cc1. The number of hydrogen-bond donors (Lipinski definition) is 0. The molecule has 2 aliphatic heterocycles. The molecule has 3 nitrogen and oxygen atoms in total. The van der Waals surface area contributed by atoms with Crippen LogP contribution in [0.15, 0.2) is 181 Å². The van der Waals surface area contributed by atoms with Crippen molar-refractivity contribution < 1.29 is 0 Å². The Morgan fingerprint density at radius 1 is 0.442 bits per heavy atom. The maximum absolute atomic E-state index is 5.53. The number of rotatable bonds is 5. The summed E-state index contributed by atoms with van der Waals surface area (Å²) in [4.78, 5) is 1.71. The van der Waals surface area contributed by atoms with Crippen molar-refractivity contribution in [3.05, 3.63) is 204 Å². The number of benzene rings is 6. The first-order chi connectivity index (χ1) is 21.3. The van der Waals surface area contributed by atoms with Crippen molar-refractivity contribution in [3.8, 4) is 0 Å². The van der Waals surface area contributed by atoms with Gasteiger partial charge in [0, 0.05) is 16.8 Å². The second-order valence-electron chi connectivity index (χ2n) is 10.8. The van der Waals surface area contributed by atoms with Crippen molar-refractivity contribution in [2.24, 2.45) is 5.10 Å². The first-order valence-corrected chi connectivity index (χ1v) is 15.4. The lowest BCUT2D eigenvalue weighted by molar-refractivity contribution is 0.646. The lowest BCUT2D eigenvalue weighted by atomic mass is 9.81. The minimum Gasteiger partial charge on any atom is -0.286 e. The third-order valence-electron chi connectivity index (χ3n) is 8.36. The molecule has 0 saturated carbocycles. The molecule has 0 aliphatic carbocycles. The second-order valence-corrected chi connectivity index (χ2v) is 12.2. The number of fused-ring (bicyclic) bond motifs is 2. The van der Waals surface area contributed by atoms with E-state index >= 15 is 0 Å². The highest BCUT2D eigenvalue weighted by Crippen LogP contribution is 2.68. The third-order valence-corrected chi connectivity index (χ3v) is 10.2. The van der Waals surface area contributed by atoms with Gasteiger partial charge in [0.1, 0.15) is 0 Å². The van der Waals surface area contributed by atoms with Gasteiger partial charge < -0.3 is 0 Å². The van der Waals surface area contributed by atoms with Crippen LogP contribution in [0.3, 0.4) is 0 Å². The Labute approximate surface area is 256 Å². The van der Waals surface area contributed by atoms with Gasteiger partial charge in [-0.1, -0.05) is 163 Å². The van der Waals surface area contributed by atoms with Crippen LogP contribution in [0.2, 0.25) is 0 Å². The quantitative estimate of drug-likeness (QED) is 0.206. The summed E-state index contributed by atoms with van der Waals surface area (Å²) in [6, 6.07) is 62.7. The minimum absolute atomic E-state index is 0.499. The largest absolute Gasteiger partial charge is 0.286 e. The monoisotopic (exact) mass is 571 g/mol. The van der Waals surface area contributed by atoms with Crippen molar-refractivity contribution in [1.82, 2.24) is 0 Å². The summed E-state index contributed by atoms with van der Waals surface area (Å²) in [5.74, 6) is 0.912. The van der Waals surface area contributed by atoms with Gasteiger partial charge in [-0.25, -0.2) is 5.01 Å². The zero-order chi connectivity index (χ0) is 28.7. The van der Waals surface area contributed by atoms with Crippen molar-refractivity contribution >= 4 is 29.0 Å². The Morgan fingerprint density at radius 2 is 0.884 bits per heavy atom. The van der Waals surface area contributed by atoms with Crippen LogP contribution < -0.4 is 9.91 Å². The van der Waals surface area contributed by atoms with Crippen LogP contribution in [0, 0.1) is 0 Å². The van der Waals surface area contributed by atoms with Crippen LogP contribution in [-0.4, -0.2) is 5.84 Å². The Hall–Kier alpha value is -5.06. The van der Waals surface area contributed by atoms with Gasteiger partial charge in [-0.05, 0) is 41.0 Å². The van der Waals surface area contributed by atoms with Gasteiger partial charge in [-0.2, -0.15) is 5.10 Å². The molecular formula is C39H29N3S. The van der Waals surface area contributed by atoms with E-state index in [9.17, 15) is 0 Å². The molecule has 0 unspecified atom stereocenters. The highest BCUT2D eigenvalue weighted by atomic mass is 32.2. The van der Waals surface area contributed by atoms with E-state index in [0.717, 1.165) is 22.8 Å². The Morgan fingerprint density at radius 3 is 1.44 bits per heavy atom. The van der Waals surface area contributed by atoms with Crippen LogP contribution in [0.1, 0.15) is 27.8 Å². The number of thioether (sulfide) groups is 1. The molecule has 0 saturated heterocycles. The van der Waals surface area contributed by atoms with Crippen LogP contribution in [0.25, 0.3) is 0 Å². The minimum atomic E-state index is -0.740. The number of nitrogens with zero attached hydrogens (tertiary/aromatic N) is 3. The number of anilines is 2. The fourth-order valence-corrected chi connectivity index (χ4v) is 8.58. The molecule has 8 rings (SSSR count). The molecule has 2 heterocycles. The molecule has 1 spiro atoms. The summed E-state index contributed by atoms with van der Waals surface area (Å²) in [6.45, 7) is 0.